The lowest BCUT2D eigenvalue weighted by Crippen LogP contribution is -2.39. The second-order valence-electron chi connectivity index (χ2n) is 9.31. The molecule has 5 rings (SSSR count). The zero-order valence-corrected chi connectivity index (χ0v) is 18.5. The number of aryl methyl sites for hydroxylation is 1. The second-order valence-corrected chi connectivity index (χ2v) is 9.31. The minimum absolute atomic E-state index is 0.373. The molecule has 1 atom stereocenters. The van der Waals surface area contributed by atoms with E-state index in [-0.39, 0.29) is 0 Å². The van der Waals surface area contributed by atoms with Crippen LogP contribution in [-0.4, -0.2) is 35.2 Å². The third kappa shape index (κ3) is 4.51. The highest BCUT2D eigenvalue weighted by Crippen LogP contribution is 2.35. The van der Waals surface area contributed by atoms with Crippen LogP contribution in [0.2, 0.25) is 0 Å². The first-order valence-electron chi connectivity index (χ1n) is 12.0. The maximum atomic E-state index is 6.15. The van der Waals surface area contributed by atoms with Crippen LogP contribution in [0.3, 0.4) is 0 Å². The average molecular weight is 415 g/mol. The Bertz CT molecular complexity index is 990. The molecule has 4 nitrogen and oxygen atoms in total. The van der Waals surface area contributed by atoms with E-state index < -0.39 is 0 Å². The van der Waals surface area contributed by atoms with Gasteiger partial charge in [0.2, 0.25) is 0 Å². The van der Waals surface area contributed by atoms with Crippen LogP contribution in [-0.2, 0) is 19.4 Å². The van der Waals surface area contributed by atoms with Crippen molar-refractivity contribution in [2.24, 2.45) is 10.7 Å². The molecule has 0 amide bonds. The molecule has 2 aromatic rings. The summed E-state index contributed by atoms with van der Waals surface area (Å²) in [7, 11) is 0. The van der Waals surface area contributed by atoms with Gasteiger partial charge in [-0.1, -0.05) is 41.5 Å². The molecular formula is C27H34N4. The van der Waals surface area contributed by atoms with Crippen molar-refractivity contribution >= 4 is 5.71 Å². The Morgan fingerprint density at radius 3 is 2.55 bits per heavy atom. The molecule has 0 saturated carbocycles. The van der Waals surface area contributed by atoms with Gasteiger partial charge in [0.15, 0.2) is 0 Å². The van der Waals surface area contributed by atoms with E-state index in [4.69, 9.17) is 15.7 Å². The van der Waals surface area contributed by atoms with E-state index in [9.17, 15) is 0 Å². The predicted octanol–water partition coefficient (Wildman–Crippen LogP) is 4.79. The van der Waals surface area contributed by atoms with Gasteiger partial charge in [-0.3, -0.25) is 14.9 Å². The average Bonchev–Trinajstić information content (AvgIpc) is 2.83. The van der Waals surface area contributed by atoms with Gasteiger partial charge in [0.05, 0.1) is 18.3 Å². The summed E-state index contributed by atoms with van der Waals surface area (Å²) in [6, 6.07) is 13.5. The van der Waals surface area contributed by atoms with Crippen LogP contribution in [0.15, 0.2) is 58.7 Å². The molecule has 1 aliphatic heterocycles. The van der Waals surface area contributed by atoms with Crippen LogP contribution in [0.5, 0.6) is 0 Å². The Kier molecular flexibility index (Phi) is 6.28. The summed E-state index contributed by atoms with van der Waals surface area (Å²) < 4.78 is 0. The fraction of sp³-hybridized carbons (Fsp3) is 0.481. The maximum Gasteiger partial charge on any atom is 0.0642 e. The highest BCUT2D eigenvalue weighted by atomic mass is 15.2. The van der Waals surface area contributed by atoms with Crippen LogP contribution in [0.25, 0.3) is 0 Å². The Morgan fingerprint density at radius 1 is 0.871 bits per heavy atom. The van der Waals surface area contributed by atoms with E-state index in [0.29, 0.717) is 12.6 Å². The molecule has 2 N–H and O–H groups in total. The van der Waals surface area contributed by atoms with Crippen LogP contribution >= 0.6 is 0 Å². The second kappa shape index (κ2) is 9.46. The van der Waals surface area contributed by atoms with E-state index in [2.05, 4.69) is 41.3 Å². The van der Waals surface area contributed by atoms with Crippen molar-refractivity contribution in [3.05, 3.63) is 76.1 Å². The minimum atomic E-state index is 0.373. The van der Waals surface area contributed by atoms with Crippen LogP contribution in [0.1, 0.15) is 67.0 Å². The van der Waals surface area contributed by atoms with Gasteiger partial charge in [0.1, 0.15) is 0 Å². The van der Waals surface area contributed by atoms with Gasteiger partial charge in [-0.05, 0) is 67.7 Å². The standard InChI is InChI=1S/C27H34N4/c28-16-22-8-2-4-10-24(22)18-31(26-13-5-11-20-12-6-14-29-27(20)26)19-25-15-21-7-1-3-9-23(21)17-30-25/h1,3,6-7,9,12,14,26H,2,4-5,8,10-11,13,15-19,28H2/t26-/m0/s1. The van der Waals surface area contributed by atoms with E-state index in [1.54, 1.807) is 5.57 Å². The summed E-state index contributed by atoms with van der Waals surface area (Å²) in [5, 5.41) is 0. The Balaban J connectivity index is 1.44. The van der Waals surface area contributed by atoms with E-state index in [1.807, 2.05) is 6.20 Å². The molecule has 4 heteroatoms. The Hall–Kier alpha value is -2.30. The molecule has 0 unspecified atom stereocenters. The first-order chi connectivity index (χ1) is 15.3. The molecule has 1 aromatic heterocycles. The monoisotopic (exact) mass is 414 g/mol. The number of nitrogens with zero attached hydrogens (tertiary/aromatic N) is 3. The predicted molar refractivity (Wildman–Crippen MR) is 127 cm³/mol. The first kappa shape index (κ1) is 20.6. The summed E-state index contributed by atoms with van der Waals surface area (Å²) in [6.45, 7) is 3.46. The number of pyridine rings is 1. The van der Waals surface area contributed by atoms with Crippen molar-refractivity contribution in [2.75, 3.05) is 19.6 Å². The lowest BCUT2D eigenvalue weighted by Gasteiger charge is -2.37. The third-order valence-corrected chi connectivity index (χ3v) is 7.33. The number of hydrogen-bond donors (Lipinski definition) is 1. The Labute approximate surface area is 186 Å². The van der Waals surface area contributed by atoms with Crippen molar-refractivity contribution in [3.8, 4) is 0 Å². The van der Waals surface area contributed by atoms with Gasteiger partial charge in [-0.15, -0.1) is 0 Å². The lowest BCUT2D eigenvalue weighted by molar-refractivity contribution is 0.211. The number of hydrogen-bond acceptors (Lipinski definition) is 4. The number of rotatable bonds is 6. The summed E-state index contributed by atoms with van der Waals surface area (Å²) in [4.78, 5) is 12.5. The highest BCUT2D eigenvalue weighted by molar-refractivity contribution is 5.89. The van der Waals surface area contributed by atoms with E-state index in [0.717, 1.165) is 32.5 Å². The fourth-order valence-electron chi connectivity index (χ4n) is 5.63. The summed E-state index contributed by atoms with van der Waals surface area (Å²) in [5.74, 6) is 0. The van der Waals surface area contributed by atoms with Crippen molar-refractivity contribution < 1.29 is 0 Å². The van der Waals surface area contributed by atoms with Gasteiger partial charge in [-0.25, -0.2) is 0 Å². The molecule has 162 valence electrons. The van der Waals surface area contributed by atoms with E-state index >= 15 is 0 Å². The largest absolute Gasteiger partial charge is 0.327 e. The number of fused-ring (bicyclic) bond motifs is 2. The van der Waals surface area contributed by atoms with Crippen molar-refractivity contribution in [2.45, 2.75) is 64.0 Å². The molecule has 3 aliphatic rings. The van der Waals surface area contributed by atoms with Gasteiger partial charge in [0.25, 0.3) is 0 Å². The zero-order chi connectivity index (χ0) is 21.0. The third-order valence-electron chi connectivity index (χ3n) is 7.33. The zero-order valence-electron chi connectivity index (χ0n) is 18.5. The molecule has 2 aliphatic carbocycles. The molecule has 31 heavy (non-hydrogen) atoms. The number of aliphatic imine (C=N–C) groups is 1. The van der Waals surface area contributed by atoms with Crippen LogP contribution in [0.4, 0.5) is 0 Å². The minimum Gasteiger partial charge on any atom is -0.327 e. The highest BCUT2D eigenvalue weighted by Gasteiger charge is 2.30. The summed E-state index contributed by atoms with van der Waals surface area (Å²) in [6.07, 6.45) is 11.4. The normalized spacial score (nSPS) is 21.0. The molecule has 0 saturated heterocycles. The number of benzene rings is 1. The first-order valence-corrected chi connectivity index (χ1v) is 12.0. The topological polar surface area (TPSA) is 54.5 Å². The number of aromatic nitrogens is 1. The van der Waals surface area contributed by atoms with Gasteiger partial charge in [0, 0.05) is 38.0 Å². The lowest BCUT2D eigenvalue weighted by atomic mass is 9.88. The summed E-state index contributed by atoms with van der Waals surface area (Å²) in [5.41, 5.74) is 16.1. The molecule has 0 fully saturated rings. The van der Waals surface area contributed by atoms with Crippen molar-refractivity contribution in [3.63, 3.8) is 0 Å². The number of nitrogens with two attached hydrogens (primary N) is 1. The van der Waals surface area contributed by atoms with Gasteiger partial charge < -0.3 is 5.73 Å². The van der Waals surface area contributed by atoms with Crippen LogP contribution < -0.4 is 5.73 Å². The molecule has 0 radical (unpaired) electrons. The molecule has 0 bridgehead atoms. The maximum absolute atomic E-state index is 6.15. The van der Waals surface area contributed by atoms with Gasteiger partial charge >= 0.3 is 0 Å². The molecule has 1 aromatic carbocycles. The van der Waals surface area contributed by atoms with Crippen LogP contribution in [0, 0.1) is 0 Å². The van der Waals surface area contributed by atoms with Gasteiger partial charge in [-0.2, -0.15) is 0 Å². The summed E-state index contributed by atoms with van der Waals surface area (Å²) >= 11 is 0. The smallest absolute Gasteiger partial charge is 0.0642 e. The molecule has 2 heterocycles. The van der Waals surface area contributed by atoms with Crippen molar-refractivity contribution in [1.29, 1.82) is 0 Å². The SMILES string of the molecule is NCC1=C(CN(CC2=NCc3ccccc3C2)[C@H]2CCCc3cccnc32)CCCC1. The van der Waals surface area contributed by atoms with E-state index in [1.165, 1.54) is 72.2 Å². The van der Waals surface area contributed by atoms with Crippen molar-refractivity contribution in [1.82, 2.24) is 9.88 Å². The molecule has 0 spiro atoms. The Morgan fingerprint density at radius 2 is 1.68 bits per heavy atom. The fourth-order valence-corrected chi connectivity index (χ4v) is 5.63. The quantitative estimate of drug-likeness (QED) is 0.692. The molecular weight excluding hydrogens is 380 g/mol.